The van der Waals surface area contributed by atoms with E-state index >= 15 is 0 Å². The average molecular weight is 612 g/mol. The first-order chi connectivity index (χ1) is 20.6. The van der Waals surface area contributed by atoms with Gasteiger partial charge in [0.05, 0.1) is 47.9 Å². The summed E-state index contributed by atoms with van der Waals surface area (Å²) in [5.41, 5.74) is 0.999. The highest BCUT2D eigenvalue weighted by molar-refractivity contribution is 6.25. The fourth-order valence-electron chi connectivity index (χ4n) is 6.86. The number of Topliss-reactive ketones (excluding diaryl/α,β-unsaturated/α-hetero) is 2. The minimum absolute atomic E-state index is 0.207. The fraction of sp³-hybridized carbons (Fsp3) is 0.414. The van der Waals surface area contributed by atoms with E-state index in [0.717, 1.165) is 0 Å². The van der Waals surface area contributed by atoms with E-state index in [4.69, 9.17) is 5.73 Å². The van der Waals surface area contributed by atoms with Crippen molar-refractivity contribution in [1.29, 1.82) is 0 Å². The number of imidazole rings is 1. The first-order valence-electron chi connectivity index (χ1n) is 13.7. The molecule has 44 heavy (non-hydrogen) atoms. The molecule has 9 N–H and O–H groups in total. The van der Waals surface area contributed by atoms with Crippen molar-refractivity contribution in [2.45, 2.75) is 43.6 Å². The standard InChI is InChI=1S/C29H33N5O10/c1-10-7-34(9-31-10)14(8-35)28(43)32-13-6-5-12-11(2)15-17(22(37)16(12)21(13)36)25(40)29(44)19(23(15)38)20(33(3)4)24(39)18(26(29)41)27(30)42/h5-7,9,11,14-15,19-20,23,35-36,38-40,44H,8H2,1-4H3,(H2,30,42)(H,32,43)/t11?,14?,15?,19?,20-,23?,29-/m0/s1. The van der Waals surface area contributed by atoms with Crippen LogP contribution >= 0.6 is 0 Å². The van der Waals surface area contributed by atoms with Crippen LogP contribution in [0, 0.1) is 18.8 Å². The molecule has 0 aliphatic heterocycles. The van der Waals surface area contributed by atoms with Gasteiger partial charge in [-0.15, -0.1) is 0 Å². The number of aromatic nitrogens is 2. The molecule has 3 aliphatic carbocycles. The summed E-state index contributed by atoms with van der Waals surface area (Å²) in [5, 5.41) is 69.4. The molecule has 5 unspecified atom stereocenters. The number of aromatic hydroxyl groups is 1. The lowest BCUT2D eigenvalue weighted by molar-refractivity contribution is -0.162. The second kappa shape index (κ2) is 10.6. The Bertz CT molecular complexity index is 1680. The highest BCUT2D eigenvalue weighted by Gasteiger charge is 2.67. The number of aliphatic hydroxyl groups is 5. The molecule has 2 aromatic rings. The van der Waals surface area contributed by atoms with Gasteiger partial charge >= 0.3 is 0 Å². The number of ketones is 2. The number of likely N-dealkylation sites (N-methyl/N-ethyl adjacent to an activating group) is 1. The number of hydrogen-bond donors (Lipinski definition) is 8. The van der Waals surface area contributed by atoms with Crippen molar-refractivity contribution in [3.63, 3.8) is 0 Å². The highest BCUT2D eigenvalue weighted by atomic mass is 16.4. The number of nitrogens with one attached hydrogen (secondary N) is 1. The van der Waals surface area contributed by atoms with Gasteiger partial charge in [0.25, 0.3) is 5.91 Å². The van der Waals surface area contributed by atoms with Gasteiger partial charge in [-0.3, -0.25) is 24.1 Å². The highest BCUT2D eigenvalue weighted by Crippen LogP contribution is 2.56. The van der Waals surface area contributed by atoms with Gasteiger partial charge in [0.15, 0.2) is 17.1 Å². The molecule has 5 rings (SSSR count). The van der Waals surface area contributed by atoms with Crippen LogP contribution < -0.4 is 11.1 Å². The molecule has 1 heterocycles. The second-order valence-corrected chi connectivity index (χ2v) is 11.6. The predicted molar refractivity (Wildman–Crippen MR) is 151 cm³/mol. The first-order valence-corrected chi connectivity index (χ1v) is 13.7. The summed E-state index contributed by atoms with van der Waals surface area (Å²) in [5.74, 6) is -11.0. The number of aryl methyl sites for hydroxylation is 1. The summed E-state index contributed by atoms with van der Waals surface area (Å²) in [6.45, 7) is 2.68. The Labute approximate surface area is 250 Å². The van der Waals surface area contributed by atoms with Crippen LogP contribution in [0.5, 0.6) is 5.75 Å². The molecule has 0 saturated heterocycles. The molecule has 15 heteroatoms. The van der Waals surface area contributed by atoms with Crippen LogP contribution in [-0.4, -0.2) is 107 Å². The Balaban J connectivity index is 1.63. The molecule has 15 nitrogen and oxygen atoms in total. The molecular formula is C29H33N5O10. The van der Waals surface area contributed by atoms with Gasteiger partial charge in [-0.1, -0.05) is 13.0 Å². The number of phenolic OH excluding ortho intramolecular Hbond substituents is 1. The molecular weight excluding hydrogens is 578 g/mol. The maximum Gasteiger partial charge on any atom is 0.255 e. The summed E-state index contributed by atoms with van der Waals surface area (Å²) < 4.78 is 1.37. The molecule has 234 valence electrons. The van der Waals surface area contributed by atoms with Gasteiger partial charge in [0.2, 0.25) is 11.7 Å². The summed E-state index contributed by atoms with van der Waals surface area (Å²) in [4.78, 5) is 58.1. The summed E-state index contributed by atoms with van der Waals surface area (Å²) >= 11 is 0. The number of hydrogen-bond acceptors (Lipinski definition) is 12. The predicted octanol–water partition coefficient (Wildman–Crippen LogP) is -0.671. The SMILES string of the molecule is Cc1cn(C(CO)C(=O)Nc2ccc3c(c2O)C(=O)C2=C(O)[C@]4(O)C(=O)C(C(N)=O)=C(O)[C@@H](N(C)C)C4C(O)C2C3C)cn1. The molecule has 7 atom stereocenters. The van der Waals surface area contributed by atoms with Crippen LogP contribution in [-0.2, 0) is 14.4 Å². The number of carbonyl (C=O) groups excluding carboxylic acids is 4. The van der Waals surface area contributed by atoms with Crippen molar-refractivity contribution in [2.24, 2.45) is 17.6 Å². The van der Waals surface area contributed by atoms with E-state index in [1.165, 1.54) is 48.2 Å². The lowest BCUT2D eigenvalue weighted by Crippen LogP contribution is -2.68. The van der Waals surface area contributed by atoms with E-state index in [1.54, 1.807) is 13.8 Å². The maximum atomic E-state index is 14.0. The van der Waals surface area contributed by atoms with Crippen molar-refractivity contribution in [1.82, 2.24) is 14.5 Å². The molecule has 0 bridgehead atoms. The van der Waals surface area contributed by atoms with Crippen molar-refractivity contribution >= 4 is 29.1 Å². The Morgan fingerprint density at radius 1 is 1.20 bits per heavy atom. The van der Waals surface area contributed by atoms with Crippen LogP contribution in [0.25, 0.3) is 0 Å². The number of aliphatic hydroxyl groups excluding tert-OH is 4. The lowest BCUT2D eigenvalue weighted by Gasteiger charge is -2.53. The number of nitrogens with zero attached hydrogens (tertiary/aromatic N) is 3. The Morgan fingerprint density at radius 2 is 1.86 bits per heavy atom. The Hall–Kier alpha value is -4.57. The minimum atomic E-state index is -3.04. The minimum Gasteiger partial charge on any atom is -0.510 e. The van der Waals surface area contributed by atoms with E-state index in [0.29, 0.717) is 5.69 Å². The zero-order valence-electron chi connectivity index (χ0n) is 24.2. The number of carbonyl (C=O) groups is 4. The van der Waals surface area contributed by atoms with Gasteiger partial charge in [0.1, 0.15) is 23.1 Å². The number of anilines is 1. The Morgan fingerprint density at radius 3 is 2.41 bits per heavy atom. The number of primary amides is 1. The van der Waals surface area contributed by atoms with Gasteiger partial charge in [0, 0.05) is 17.7 Å². The lowest BCUT2D eigenvalue weighted by atomic mass is 9.55. The molecule has 3 aliphatic rings. The Kier molecular flexibility index (Phi) is 7.40. The molecule has 0 spiro atoms. The van der Waals surface area contributed by atoms with Crippen molar-refractivity contribution < 1.29 is 49.8 Å². The third kappa shape index (κ3) is 4.15. The van der Waals surface area contributed by atoms with Gasteiger partial charge in [-0.05, 0) is 38.6 Å². The molecule has 1 aromatic heterocycles. The van der Waals surface area contributed by atoms with E-state index in [9.17, 15) is 49.8 Å². The normalized spacial score (nSPS) is 28.9. The third-order valence-corrected chi connectivity index (χ3v) is 8.96. The molecule has 1 aromatic carbocycles. The summed E-state index contributed by atoms with van der Waals surface area (Å²) in [7, 11) is 2.90. The largest absolute Gasteiger partial charge is 0.510 e. The maximum absolute atomic E-state index is 14.0. The number of fused-ring (bicyclic) bond motifs is 3. The summed E-state index contributed by atoms with van der Waals surface area (Å²) in [6.07, 6.45) is 1.16. The van der Waals surface area contributed by atoms with E-state index < -0.39 is 99.9 Å². The molecule has 2 amide bonds. The van der Waals surface area contributed by atoms with Crippen LogP contribution in [0.2, 0.25) is 0 Å². The van der Waals surface area contributed by atoms with Crippen LogP contribution in [0.3, 0.4) is 0 Å². The summed E-state index contributed by atoms with van der Waals surface area (Å²) in [6, 6.07) is 0.293. The molecule has 0 saturated carbocycles. The van der Waals surface area contributed by atoms with Gasteiger partial charge < -0.3 is 46.3 Å². The number of phenols is 1. The number of amides is 2. The average Bonchev–Trinajstić information content (AvgIpc) is 3.37. The molecule has 0 radical (unpaired) electrons. The zero-order chi connectivity index (χ0) is 32.6. The van der Waals surface area contributed by atoms with Crippen LogP contribution in [0.1, 0.15) is 40.5 Å². The van der Waals surface area contributed by atoms with Gasteiger partial charge in [-0.2, -0.15) is 0 Å². The van der Waals surface area contributed by atoms with Gasteiger partial charge in [-0.25, -0.2) is 4.98 Å². The second-order valence-electron chi connectivity index (χ2n) is 11.6. The number of nitrogens with two attached hydrogens (primary N) is 1. The quantitative estimate of drug-likeness (QED) is 0.150. The number of benzene rings is 1. The van der Waals surface area contributed by atoms with E-state index in [2.05, 4.69) is 10.3 Å². The van der Waals surface area contributed by atoms with Crippen molar-refractivity contribution in [2.75, 3.05) is 26.0 Å². The zero-order valence-corrected chi connectivity index (χ0v) is 24.2. The van der Waals surface area contributed by atoms with Crippen molar-refractivity contribution in [3.8, 4) is 5.75 Å². The monoisotopic (exact) mass is 611 g/mol. The topological polar surface area (TPSA) is 249 Å². The van der Waals surface area contributed by atoms with E-state index in [1.807, 2.05) is 0 Å². The third-order valence-electron chi connectivity index (χ3n) is 8.96. The number of rotatable bonds is 6. The van der Waals surface area contributed by atoms with Crippen molar-refractivity contribution in [3.05, 3.63) is 64.1 Å². The van der Waals surface area contributed by atoms with Crippen LogP contribution in [0.4, 0.5) is 5.69 Å². The van der Waals surface area contributed by atoms with Crippen LogP contribution in [0.15, 0.2) is 47.3 Å². The fourth-order valence-corrected chi connectivity index (χ4v) is 6.86. The first kappa shape index (κ1) is 30.9. The van der Waals surface area contributed by atoms with E-state index in [-0.39, 0.29) is 16.8 Å². The molecule has 0 fully saturated rings. The smallest absolute Gasteiger partial charge is 0.255 e.